The number of hydrogen-bond donors (Lipinski definition) is 0. The number of ketones is 1. The van der Waals surface area contributed by atoms with Crippen molar-refractivity contribution in [2.45, 2.75) is 19.8 Å². The summed E-state index contributed by atoms with van der Waals surface area (Å²) in [5.74, 6) is 0.284. The molecule has 0 bridgehead atoms. The molecule has 0 rings (SSSR count). The van der Waals surface area contributed by atoms with E-state index >= 15 is 0 Å². The molecule has 0 amide bonds. The van der Waals surface area contributed by atoms with Gasteiger partial charge in [0.2, 0.25) is 0 Å². The first-order valence-electron chi connectivity index (χ1n) is 3.83. The third-order valence-corrected chi connectivity index (χ3v) is 1.34. The molecule has 2 heteroatoms. The molecule has 0 fully saturated rings. The van der Waals surface area contributed by atoms with E-state index in [0.717, 1.165) is 12.1 Å². The average Bonchev–Trinajstić information content (AvgIpc) is 1.82. The Balaban J connectivity index is 3.46. The van der Waals surface area contributed by atoms with Crippen LogP contribution < -0.4 is 0 Å². The summed E-state index contributed by atoms with van der Waals surface area (Å²) in [4.78, 5) is 13.1. The third-order valence-electron chi connectivity index (χ3n) is 1.34. The molecule has 0 aromatic rings. The molecule has 0 saturated carbocycles. The minimum atomic E-state index is 0.284. The van der Waals surface area contributed by atoms with E-state index < -0.39 is 0 Å². The zero-order valence-electron chi connectivity index (χ0n) is 7.68. The van der Waals surface area contributed by atoms with Crippen molar-refractivity contribution in [2.75, 3.05) is 20.6 Å². The first kappa shape index (κ1) is 10.4. The van der Waals surface area contributed by atoms with Crippen LogP contribution in [0.2, 0.25) is 0 Å². The SMILES string of the molecule is C=C(C)CC(=O)CCN(C)C. The van der Waals surface area contributed by atoms with Crippen molar-refractivity contribution in [2.24, 2.45) is 0 Å². The lowest BCUT2D eigenvalue weighted by Crippen LogP contribution is -2.16. The highest BCUT2D eigenvalue weighted by atomic mass is 16.1. The summed E-state index contributed by atoms with van der Waals surface area (Å²) in [7, 11) is 3.93. The van der Waals surface area contributed by atoms with E-state index in [2.05, 4.69) is 6.58 Å². The number of allylic oxidation sites excluding steroid dienone is 1. The molecular weight excluding hydrogens is 138 g/mol. The molecule has 0 N–H and O–H groups in total. The molecule has 2 nitrogen and oxygen atoms in total. The highest BCUT2D eigenvalue weighted by molar-refractivity contribution is 5.80. The molecule has 0 unspecified atom stereocenters. The maximum Gasteiger partial charge on any atom is 0.138 e. The molecule has 0 aliphatic rings. The van der Waals surface area contributed by atoms with Crippen LogP contribution in [0.25, 0.3) is 0 Å². The molecule has 0 spiro atoms. The van der Waals surface area contributed by atoms with Crippen LogP contribution in [0.4, 0.5) is 0 Å². The Kier molecular flexibility index (Phi) is 4.79. The van der Waals surface area contributed by atoms with E-state index in [4.69, 9.17) is 0 Å². The highest BCUT2D eigenvalue weighted by Crippen LogP contribution is 1.99. The number of carbonyl (C=O) groups is 1. The second kappa shape index (κ2) is 5.08. The molecular formula is C9H17NO. The molecule has 0 aliphatic heterocycles. The standard InChI is InChI=1S/C9H17NO/c1-8(2)7-9(11)5-6-10(3)4/h1,5-7H2,2-4H3. The van der Waals surface area contributed by atoms with Crippen LogP contribution in [0, 0.1) is 0 Å². The van der Waals surface area contributed by atoms with E-state index in [1.165, 1.54) is 0 Å². The van der Waals surface area contributed by atoms with E-state index in [1.54, 1.807) is 0 Å². The zero-order valence-corrected chi connectivity index (χ0v) is 7.68. The summed E-state index contributed by atoms with van der Waals surface area (Å²) in [6, 6.07) is 0. The molecule has 0 aromatic heterocycles. The van der Waals surface area contributed by atoms with Crippen molar-refractivity contribution in [3.8, 4) is 0 Å². The molecule has 0 radical (unpaired) electrons. The fourth-order valence-corrected chi connectivity index (χ4v) is 0.773. The monoisotopic (exact) mass is 155 g/mol. The van der Waals surface area contributed by atoms with Crippen molar-refractivity contribution >= 4 is 5.78 Å². The average molecular weight is 155 g/mol. The zero-order chi connectivity index (χ0) is 8.85. The Morgan fingerprint density at radius 1 is 1.45 bits per heavy atom. The normalized spacial score (nSPS) is 10.2. The molecule has 0 aliphatic carbocycles. The maximum absolute atomic E-state index is 11.1. The van der Waals surface area contributed by atoms with Crippen LogP contribution in [0.5, 0.6) is 0 Å². The van der Waals surface area contributed by atoms with Gasteiger partial charge in [-0.1, -0.05) is 12.2 Å². The smallest absolute Gasteiger partial charge is 0.138 e. The van der Waals surface area contributed by atoms with Crippen LogP contribution in [0.3, 0.4) is 0 Å². The van der Waals surface area contributed by atoms with Crippen LogP contribution in [0.1, 0.15) is 19.8 Å². The maximum atomic E-state index is 11.1. The molecule has 0 aromatic carbocycles. The predicted octanol–water partition coefficient (Wildman–Crippen LogP) is 1.47. The number of rotatable bonds is 5. The van der Waals surface area contributed by atoms with Crippen molar-refractivity contribution in [3.63, 3.8) is 0 Å². The van der Waals surface area contributed by atoms with Gasteiger partial charge in [0.05, 0.1) is 0 Å². The van der Waals surface area contributed by atoms with Gasteiger partial charge in [0, 0.05) is 19.4 Å². The van der Waals surface area contributed by atoms with Crippen molar-refractivity contribution in [1.82, 2.24) is 4.90 Å². The van der Waals surface area contributed by atoms with E-state index in [-0.39, 0.29) is 5.78 Å². The van der Waals surface area contributed by atoms with Gasteiger partial charge in [0.1, 0.15) is 5.78 Å². The lowest BCUT2D eigenvalue weighted by Gasteiger charge is -2.07. The quantitative estimate of drug-likeness (QED) is 0.560. The first-order chi connectivity index (χ1) is 5.02. The van der Waals surface area contributed by atoms with Crippen LogP contribution in [-0.2, 0) is 4.79 Å². The van der Waals surface area contributed by atoms with Gasteiger partial charge >= 0.3 is 0 Å². The molecule has 11 heavy (non-hydrogen) atoms. The van der Waals surface area contributed by atoms with Crippen LogP contribution in [0.15, 0.2) is 12.2 Å². The number of carbonyl (C=O) groups excluding carboxylic acids is 1. The number of Topliss-reactive ketones (excluding diaryl/α,β-unsaturated/α-hetero) is 1. The van der Waals surface area contributed by atoms with Crippen molar-refractivity contribution in [1.29, 1.82) is 0 Å². The van der Waals surface area contributed by atoms with Gasteiger partial charge < -0.3 is 4.90 Å². The largest absolute Gasteiger partial charge is 0.309 e. The Bertz CT molecular complexity index is 150. The topological polar surface area (TPSA) is 20.3 Å². The van der Waals surface area contributed by atoms with E-state index in [9.17, 15) is 4.79 Å². The van der Waals surface area contributed by atoms with Gasteiger partial charge in [-0.05, 0) is 21.0 Å². The first-order valence-corrected chi connectivity index (χ1v) is 3.83. The molecule has 0 heterocycles. The summed E-state index contributed by atoms with van der Waals surface area (Å²) >= 11 is 0. The second-order valence-electron chi connectivity index (χ2n) is 3.23. The van der Waals surface area contributed by atoms with E-state index in [1.807, 2.05) is 25.9 Å². The van der Waals surface area contributed by atoms with Gasteiger partial charge in [0.15, 0.2) is 0 Å². The Hall–Kier alpha value is -0.630. The van der Waals surface area contributed by atoms with Gasteiger partial charge in [0.25, 0.3) is 0 Å². The highest BCUT2D eigenvalue weighted by Gasteiger charge is 2.01. The summed E-state index contributed by atoms with van der Waals surface area (Å²) in [5.41, 5.74) is 0.953. The fraction of sp³-hybridized carbons (Fsp3) is 0.667. The minimum Gasteiger partial charge on any atom is -0.309 e. The lowest BCUT2D eigenvalue weighted by atomic mass is 10.1. The number of hydrogen-bond acceptors (Lipinski definition) is 2. The molecule has 0 atom stereocenters. The van der Waals surface area contributed by atoms with Gasteiger partial charge in [-0.2, -0.15) is 0 Å². The number of nitrogens with zero attached hydrogens (tertiary/aromatic N) is 1. The van der Waals surface area contributed by atoms with Gasteiger partial charge in [-0.25, -0.2) is 0 Å². The summed E-state index contributed by atoms with van der Waals surface area (Å²) < 4.78 is 0. The van der Waals surface area contributed by atoms with Crippen molar-refractivity contribution < 1.29 is 4.79 Å². The van der Waals surface area contributed by atoms with E-state index in [0.29, 0.717) is 12.8 Å². The predicted molar refractivity (Wildman–Crippen MR) is 47.6 cm³/mol. The van der Waals surface area contributed by atoms with Crippen LogP contribution in [-0.4, -0.2) is 31.3 Å². The third kappa shape index (κ3) is 7.26. The lowest BCUT2D eigenvalue weighted by molar-refractivity contribution is -0.118. The fourth-order valence-electron chi connectivity index (χ4n) is 0.773. The Labute approximate surface area is 68.9 Å². The summed E-state index contributed by atoms with van der Waals surface area (Å²) in [5, 5.41) is 0. The minimum absolute atomic E-state index is 0.284. The molecule has 0 saturated heterocycles. The Morgan fingerprint density at radius 3 is 2.36 bits per heavy atom. The van der Waals surface area contributed by atoms with Crippen molar-refractivity contribution in [3.05, 3.63) is 12.2 Å². The van der Waals surface area contributed by atoms with Gasteiger partial charge in [-0.15, -0.1) is 0 Å². The van der Waals surface area contributed by atoms with Crippen LogP contribution >= 0.6 is 0 Å². The van der Waals surface area contributed by atoms with Gasteiger partial charge in [-0.3, -0.25) is 4.79 Å². The summed E-state index contributed by atoms with van der Waals surface area (Å²) in [6.45, 7) is 6.41. The Morgan fingerprint density at radius 2 is 2.00 bits per heavy atom. The second-order valence-corrected chi connectivity index (χ2v) is 3.23. The molecule has 64 valence electrons. The summed E-state index contributed by atoms with van der Waals surface area (Å²) in [6.07, 6.45) is 1.17.